The molecule has 1 saturated heterocycles. The van der Waals surface area contributed by atoms with Crippen LogP contribution in [0.1, 0.15) is 27.7 Å². The predicted molar refractivity (Wildman–Crippen MR) is 86.6 cm³/mol. The second-order valence-corrected chi connectivity index (χ2v) is 6.72. The van der Waals surface area contributed by atoms with Gasteiger partial charge < -0.3 is 19.5 Å². The highest BCUT2D eigenvalue weighted by Gasteiger charge is 2.52. The van der Waals surface area contributed by atoms with Gasteiger partial charge in [-0.05, 0) is 33.8 Å². The third kappa shape index (κ3) is 2.43. The van der Waals surface area contributed by atoms with Gasteiger partial charge in [0.15, 0.2) is 5.65 Å². The SMILES string of the molecule is CC1(C)OB(c2cnc3c(c2)n(C(=O)O)c(=O)n3C(=O)O)OC1(C)C. The summed E-state index contributed by atoms with van der Waals surface area (Å²) in [6.45, 7) is 7.42. The first kappa shape index (κ1) is 17.2. The molecule has 0 radical (unpaired) electrons. The number of carbonyl (C=O) groups is 2. The van der Waals surface area contributed by atoms with Crippen molar-refractivity contribution in [1.82, 2.24) is 14.1 Å². The third-order valence-electron chi connectivity index (χ3n) is 4.61. The first-order chi connectivity index (χ1) is 11.5. The van der Waals surface area contributed by atoms with Crippen molar-refractivity contribution < 1.29 is 29.1 Å². The normalized spacial score (nSPS) is 18.6. The van der Waals surface area contributed by atoms with E-state index in [0.717, 1.165) is 0 Å². The largest absolute Gasteiger partial charge is 0.496 e. The van der Waals surface area contributed by atoms with Crippen LogP contribution in [0.25, 0.3) is 11.2 Å². The van der Waals surface area contributed by atoms with Crippen molar-refractivity contribution in [3.8, 4) is 0 Å². The van der Waals surface area contributed by atoms with Crippen LogP contribution in [0.2, 0.25) is 0 Å². The Balaban J connectivity index is 2.19. The quantitative estimate of drug-likeness (QED) is 0.713. The Morgan fingerprint density at radius 2 is 1.60 bits per heavy atom. The number of rotatable bonds is 1. The molecule has 25 heavy (non-hydrogen) atoms. The molecule has 0 atom stereocenters. The molecule has 0 unspecified atom stereocenters. The number of hydrogen-bond acceptors (Lipinski definition) is 6. The zero-order valence-corrected chi connectivity index (χ0v) is 14.0. The fourth-order valence-corrected chi connectivity index (χ4v) is 2.56. The van der Waals surface area contributed by atoms with E-state index in [1.165, 1.54) is 12.3 Å². The average molecular weight is 349 g/mol. The molecule has 10 nitrogen and oxygen atoms in total. The van der Waals surface area contributed by atoms with E-state index in [4.69, 9.17) is 14.4 Å². The third-order valence-corrected chi connectivity index (χ3v) is 4.61. The number of carboxylic acid groups (broad SMARTS) is 2. The van der Waals surface area contributed by atoms with Crippen molar-refractivity contribution in [2.75, 3.05) is 0 Å². The molecule has 0 saturated carbocycles. The summed E-state index contributed by atoms with van der Waals surface area (Å²) in [7, 11) is -0.826. The number of hydrogen-bond donors (Lipinski definition) is 2. The smallest absolute Gasteiger partial charge is 0.464 e. The minimum absolute atomic E-state index is 0.160. The molecule has 1 aliphatic heterocycles. The number of fused-ring (bicyclic) bond motifs is 1. The van der Waals surface area contributed by atoms with Crippen molar-refractivity contribution in [3.63, 3.8) is 0 Å². The molecule has 1 aliphatic rings. The lowest BCUT2D eigenvalue weighted by Gasteiger charge is -2.32. The van der Waals surface area contributed by atoms with E-state index in [1.54, 1.807) is 0 Å². The van der Waals surface area contributed by atoms with Crippen LogP contribution in [0.4, 0.5) is 9.59 Å². The maximum absolute atomic E-state index is 12.1. The predicted octanol–water partition coefficient (Wildman–Crippen LogP) is 0.549. The van der Waals surface area contributed by atoms with Gasteiger partial charge in [0.25, 0.3) is 0 Å². The maximum Gasteiger partial charge on any atom is 0.496 e. The second kappa shape index (κ2) is 5.17. The Morgan fingerprint density at radius 1 is 1.08 bits per heavy atom. The molecule has 0 aliphatic carbocycles. The summed E-state index contributed by atoms with van der Waals surface area (Å²) in [5, 5.41) is 18.4. The van der Waals surface area contributed by atoms with Crippen LogP contribution in [0.3, 0.4) is 0 Å². The van der Waals surface area contributed by atoms with E-state index in [9.17, 15) is 19.5 Å². The standard InChI is InChI=1S/C14H16BN3O7/c1-13(2)14(3,4)25-15(24-13)7-5-8-9(16-6-7)18(12(22)23)10(19)17(8)11(20)21/h5-6H,1-4H3,(H,20,21)(H,22,23). The van der Waals surface area contributed by atoms with E-state index in [-0.39, 0.29) is 15.7 Å². The number of imidazole rings is 1. The Morgan fingerprint density at radius 3 is 2.08 bits per heavy atom. The minimum Gasteiger partial charge on any atom is -0.464 e. The fraction of sp³-hybridized carbons (Fsp3) is 0.429. The fourth-order valence-electron chi connectivity index (χ4n) is 2.56. The average Bonchev–Trinajstić information content (AvgIpc) is 2.87. The summed E-state index contributed by atoms with van der Waals surface area (Å²) in [6, 6.07) is 1.33. The lowest BCUT2D eigenvalue weighted by atomic mass is 9.80. The van der Waals surface area contributed by atoms with Gasteiger partial charge in [-0.15, -0.1) is 0 Å². The van der Waals surface area contributed by atoms with Gasteiger partial charge in [-0.3, -0.25) is 0 Å². The highest BCUT2D eigenvalue weighted by atomic mass is 16.7. The van der Waals surface area contributed by atoms with Crippen molar-refractivity contribution in [2.45, 2.75) is 38.9 Å². The first-order valence-electron chi connectivity index (χ1n) is 7.42. The highest BCUT2D eigenvalue weighted by molar-refractivity contribution is 6.62. The molecule has 1 fully saturated rings. The van der Waals surface area contributed by atoms with Crippen LogP contribution in [0.5, 0.6) is 0 Å². The Kier molecular flexibility index (Phi) is 3.55. The molecule has 2 aromatic heterocycles. The van der Waals surface area contributed by atoms with Gasteiger partial charge in [0.05, 0.1) is 11.2 Å². The summed E-state index contributed by atoms with van der Waals surface area (Å²) in [5.41, 5.74) is -2.53. The van der Waals surface area contributed by atoms with Crippen LogP contribution in [-0.4, -0.2) is 54.8 Å². The summed E-state index contributed by atoms with van der Waals surface area (Å²) >= 11 is 0. The number of nitrogens with zero attached hydrogens (tertiary/aromatic N) is 3. The zero-order valence-electron chi connectivity index (χ0n) is 14.0. The molecule has 2 N–H and O–H groups in total. The van der Waals surface area contributed by atoms with Crippen molar-refractivity contribution in [2.24, 2.45) is 0 Å². The van der Waals surface area contributed by atoms with Crippen LogP contribution in [0, 0.1) is 0 Å². The molecular weight excluding hydrogens is 333 g/mol. The van der Waals surface area contributed by atoms with Gasteiger partial charge in [-0.25, -0.2) is 19.4 Å². The van der Waals surface area contributed by atoms with Crippen molar-refractivity contribution >= 4 is 35.9 Å². The first-order valence-corrected chi connectivity index (χ1v) is 7.42. The Bertz CT molecular complexity index is 943. The monoisotopic (exact) mass is 349 g/mol. The second-order valence-electron chi connectivity index (χ2n) is 6.72. The van der Waals surface area contributed by atoms with Gasteiger partial charge >= 0.3 is 25.0 Å². The summed E-state index contributed by atoms with van der Waals surface area (Å²) in [6.07, 6.45) is -1.93. The van der Waals surface area contributed by atoms with Gasteiger partial charge in [-0.2, -0.15) is 9.13 Å². The van der Waals surface area contributed by atoms with Crippen molar-refractivity contribution in [1.29, 1.82) is 0 Å². The van der Waals surface area contributed by atoms with Crippen LogP contribution >= 0.6 is 0 Å². The Hall–Kier alpha value is -2.66. The topological polar surface area (TPSA) is 133 Å². The van der Waals surface area contributed by atoms with Crippen LogP contribution in [0.15, 0.2) is 17.1 Å². The molecule has 0 spiro atoms. The van der Waals surface area contributed by atoms with Crippen LogP contribution < -0.4 is 11.2 Å². The van der Waals surface area contributed by atoms with E-state index in [1.807, 2.05) is 27.7 Å². The molecule has 0 amide bonds. The molecule has 0 aromatic carbocycles. The minimum atomic E-state index is -1.62. The molecule has 0 bridgehead atoms. The summed E-state index contributed by atoms with van der Waals surface area (Å²) in [5.74, 6) is 0. The van der Waals surface area contributed by atoms with Gasteiger partial charge in [-0.1, -0.05) is 0 Å². The van der Waals surface area contributed by atoms with Crippen LogP contribution in [-0.2, 0) is 9.31 Å². The van der Waals surface area contributed by atoms with Gasteiger partial charge in [0, 0.05) is 11.7 Å². The maximum atomic E-state index is 12.1. The van der Waals surface area contributed by atoms with Gasteiger partial charge in [0.1, 0.15) is 5.52 Å². The highest BCUT2D eigenvalue weighted by Crippen LogP contribution is 2.36. The zero-order chi connectivity index (χ0) is 18.7. The molecule has 2 aromatic rings. The lowest BCUT2D eigenvalue weighted by Crippen LogP contribution is -2.41. The molecule has 11 heteroatoms. The molecule has 3 rings (SSSR count). The Labute approximate surface area is 141 Å². The summed E-state index contributed by atoms with van der Waals surface area (Å²) < 4.78 is 12.3. The number of pyridine rings is 1. The lowest BCUT2D eigenvalue weighted by molar-refractivity contribution is 0.00578. The van der Waals surface area contributed by atoms with Crippen molar-refractivity contribution in [3.05, 3.63) is 22.7 Å². The van der Waals surface area contributed by atoms with E-state index >= 15 is 0 Å². The molecule has 3 heterocycles. The number of aromatic nitrogens is 3. The van der Waals surface area contributed by atoms with E-state index in [2.05, 4.69) is 4.98 Å². The summed E-state index contributed by atoms with van der Waals surface area (Å²) in [4.78, 5) is 38.6. The van der Waals surface area contributed by atoms with E-state index < -0.39 is 36.2 Å². The van der Waals surface area contributed by atoms with Gasteiger partial charge in [0.2, 0.25) is 0 Å². The molecular formula is C14H16BN3O7. The van der Waals surface area contributed by atoms with E-state index in [0.29, 0.717) is 10.0 Å². The molecule has 132 valence electrons.